The molecule has 0 heterocycles. The van der Waals surface area contributed by atoms with Crippen LogP contribution >= 0.6 is 0 Å². The first-order valence-corrected chi connectivity index (χ1v) is 9.87. The summed E-state index contributed by atoms with van der Waals surface area (Å²) >= 11 is 0. The van der Waals surface area contributed by atoms with Crippen molar-refractivity contribution in [1.29, 1.82) is 0 Å². The van der Waals surface area contributed by atoms with E-state index in [1.54, 1.807) is 13.8 Å². The van der Waals surface area contributed by atoms with E-state index in [0.717, 1.165) is 24.3 Å². The summed E-state index contributed by atoms with van der Waals surface area (Å²) in [4.78, 5) is 24.1. The third-order valence-electron chi connectivity index (χ3n) is 4.62. The molecule has 0 amide bonds. The van der Waals surface area contributed by atoms with Crippen molar-refractivity contribution in [3.8, 4) is 0 Å². The number of alkyl halides is 6. The number of esters is 2. The second kappa shape index (κ2) is 9.44. The molecule has 4 nitrogen and oxygen atoms in total. The molecule has 0 spiro atoms. The van der Waals surface area contributed by atoms with Gasteiger partial charge in [-0.1, -0.05) is 24.3 Å². The van der Waals surface area contributed by atoms with Gasteiger partial charge in [0, 0.05) is 0 Å². The Hall–Kier alpha value is -3.04. The van der Waals surface area contributed by atoms with Gasteiger partial charge in [0.15, 0.2) is 0 Å². The molecule has 10 heteroatoms. The molecule has 0 atom stereocenters. The van der Waals surface area contributed by atoms with Gasteiger partial charge >= 0.3 is 24.3 Å². The molecular formula is C23H22F6O4. The molecule has 33 heavy (non-hydrogen) atoms. The van der Waals surface area contributed by atoms with Gasteiger partial charge in [-0.25, -0.2) is 9.59 Å². The van der Waals surface area contributed by atoms with Crippen molar-refractivity contribution in [3.63, 3.8) is 0 Å². The maximum absolute atomic E-state index is 14.3. The topological polar surface area (TPSA) is 52.6 Å². The first-order valence-electron chi connectivity index (χ1n) is 9.87. The minimum atomic E-state index is -5.84. The van der Waals surface area contributed by atoms with Gasteiger partial charge in [-0.3, -0.25) is 0 Å². The average molecular weight is 476 g/mol. The minimum absolute atomic E-state index is 0.208. The summed E-state index contributed by atoms with van der Waals surface area (Å²) < 4.78 is 95.6. The second-order valence-electron chi connectivity index (χ2n) is 7.81. The lowest BCUT2D eigenvalue weighted by Gasteiger charge is -2.38. The van der Waals surface area contributed by atoms with Gasteiger partial charge < -0.3 is 9.47 Å². The van der Waals surface area contributed by atoms with Gasteiger partial charge in [0.25, 0.3) is 0 Å². The van der Waals surface area contributed by atoms with Crippen LogP contribution < -0.4 is 0 Å². The van der Waals surface area contributed by atoms with E-state index in [2.05, 4.69) is 0 Å². The van der Waals surface area contributed by atoms with Crippen LogP contribution in [0.15, 0.2) is 48.5 Å². The third kappa shape index (κ3) is 5.31. The molecule has 0 aromatic heterocycles. The zero-order valence-electron chi connectivity index (χ0n) is 18.2. The fourth-order valence-electron chi connectivity index (χ4n) is 3.28. The summed E-state index contributed by atoms with van der Waals surface area (Å²) in [5.74, 6) is -1.95. The molecule has 0 bridgehead atoms. The van der Waals surface area contributed by atoms with Crippen LogP contribution in [0.25, 0.3) is 0 Å². The lowest BCUT2D eigenvalue weighted by Crippen LogP contribution is -2.54. The summed E-state index contributed by atoms with van der Waals surface area (Å²) in [6.45, 7) is 6.07. The van der Waals surface area contributed by atoms with Crippen LogP contribution in [0.1, 0.15) is 59.5 Å². The molecule has 0 aliphatic rings. The van der Waals surface area contributed by atoms with E-state index in [-0.39, 0.29) is 5.56 Å². The van der Waals surface area contributed by atoms with Gasteiger partial charge in [0.05, 0.1) is 23.3 Å². The molecule has 2 aromatic rings. The highest BCUT2D eigenvalue weighted by Crippen LogP contribution is 2.56. The van der Waals surface area contributed by atoms with Crippen LogP contribution in [0.3, 0.4) is 0 Å². The lowest BCUT2D eigenvalue weighted by molar-refractivity contribution is -0.288. The van der Waals surface area contributed by atoms with Gasteiger partial charge in [-0.2, -0.15) is 26.3 Å². The summed E-state index contributed by atoms with van der Waals surface area (Å²) in [5, 5.41) is 0. The maximum atomic E-state index is 14.3. The molecular weight excluding hydrogens is 454 g/mol. The largest absolute Gasteiger partial charge is 0.459 e. The highest BCUT2D eigenvalue weighted by Gasteiger charge is 2.72. The zero-order valence-corrected chi connectivity index (χ0v) is 18.2. The van der Waals surface area contributed by atoms with Crippen molar-refractivity contribution in [2.75, 3.05) is 0 Å². The molecule has 0 N–H and O–H groups in total. The molecule has 0 fully saturated rings. The Morgan fingerprint density at radius 3 is 1.55 bits per heavy atom. The number of carbonyl (C=O) groups is 2. The van der Waals surface area contributed by atoms with E-state index in [0.29, 0.717) is 24.3 Å². The Balaban J connectivity index is 2.73. The van der Waals surface area contributed by atoms with E-state index in [1.807, 2.05) is 0 Å². The van der Waals surface area contributed by atoms with Crippen LogP contribution in [-0.2, 0) is 14.9 Å². The highest BCUT2D eigenvalue weighted by molar-refractivity contribution is 5.90. The van der Waals surface area contributed by atoms with Crippen LogP contribution in [0.4, 0.5) is 26.3 Å². The molecule has 0 aliphatic heterocycles. The number of rotatable bonds is 6. The molecule has 0 aliphatic carbocycles. The quantitative estimate of drug-likeness (QED) is 0.367. The highest BCUT2D eigenvalue weighted by atomic mass is 19.4. The number of hydrogen-bond acceptors (Lipinski definition) is 4. The fraction of sp³-hybridized carbons (Fsp3) is 0.391. The smallest absolute Gasteiger partial charge is 0.411 e. The summed E-state index contributed by atoms with van der Waals surface area (Å²) in [6, 6.07) is 5.99. The van der Waals surface area contributed by atoms with Gasteiger partial charge in [0.1, 0.15) is 0 Å². The molecule has 0 saturated carbocycles. The Bertz CT molecular complexity index is 977. The zero-order chi connectivity index (χ0) is 25.2. The Morgan fingerprint density at radius 1 is 0.667 bits per heavy atom. The lowest BCUT2D eigenvalue weighted by atomic mass is 9.72. The fourth-order valence-corrected chi connectivity index (χ4v) is 3.28. The van der Waals surface area contributed by atoms with E-state index in [4.69, 9.17) is 9.47 Å². The molecule has 180 valence electrons. The van der Waals surface area contributed by atoms with Gasteiger partial charge in [-0.15, -0.1) is 0 Å². The number of benzene rings is 2. The number of hydrogen-bond donors (Lipinski definition) is 0. The molecule has 2 rings (SSSR count). The van der Waals surface area contributed by atoms with Crippen LogP contribution in [0.2, 0.25) is 0 Å². The predicted molar refractivity (Wildman–Crippen MR) is 107 cm³/mol. The number of ether oxygens (including phenoxy) is 2. The molecule has 2 aromatic carbocycles. The van der Waals surface area contributed by atoms with Crippen LogP contribution in [0, 0.1) is 0 Å². The Labute approximate surface area is 186 Å². The molecule has 0 saturated heterocycles. The van der Waals surface area contributed by atoms with Crippen LogP contribution in [-0.4, -0.2) is 36.5 Å². The van der Waals surface area contributed by atoms with Crippen molar-refractivity contribution in [2.45, 2.75) is 57.7 Å². The van der Waals surface area contributed by atoms with E-state index in [1.165, 1.54) is 13.8 Å². The van der Waals surface area contributed by atoms with Crippen molar-refractivity contribution < 1.29 is 45.4 Å². The minimum Gasteiger partial charge on any atom is -0.459 e. The van der Waals surface area contributed by atoms with Crippen molar-refractivity contribution in [1.82, 2.24) is 0 Å². The monoisotopic (exact) mass is 476 g/mol. The maximum Gasteiger partial charge on any atom is 0.411 e. The third-order valence-corrected chi connectivity index (χ3v) is 4.62. The number of carbonyl (C=O) groups excluding carboxylic acids is 2. The number of halogens is 6. The summed E-state index contributed by atoms with van der Waals surface area (Å²) in [7, 11) is 0. The SMILES string of the molecule is CC(C)OC(=O)c1ccc(C(c2cccc(C(=O)OC(C)C)c2)(C(F)(F)F)C(F)(F)F)cc1. The van der Waals surface area contributed by atoms with Crippen LogP contribution in [0.5, 0.6) is 0 Å². The summed E-state index contributed by atoms with van der Waals surface area (Å²) in [5.41, 5.74) is -7.51. The molecule has 0 radical (unpaired) electrons. The second-order valence-corrected chi connectivity index (χ2v) is 7.81. The standard InChI is InChI=1S/C23H22F6O4/c1-13(2)32-19(30)15-8-10-17(11-9-15)21(22(24,25)26,23(27,28)29)18-7-5-6-16(12-18)20(31)33-14(3)4/h5-14H,1-4H3. The van der Waals surface area contributed by atoms with Crippen molar-refractivity contribution in [2.24, 2.45) is 0 Å². The summed E-state index contributed by atoms with van der Waals surface area (Å²) in [6.07, 6.45) is -12.8. The average Bonchev–Trinajstić information content (AvgIpc) is 2.66. The van der Waals surface area contributed by atoms with Crippen molar-refractivity contribution in [3.05, 3.63) is 70.8 Å². The van der Waals surface area contributed by atoms with Gasteiger partial charge in [0.2, 0.25) is 5.41 Å². The first-order chi connectivity index (χ1) is 15.1. The molecule has 0 unspecified atom stereocenters. The Kier molecular flexibility index (Phi) is 7.50. The van der Waals surface area contributed by atoms with E-state index < -0.39 is 58.6 Å². The van der Waals surface area contributed by atoms with E-state index in [9.17, 15) is 35.9 Å². The van der Waals surface area contributed by atoms with E-state index >= 15 is 0 Å². The normalized spacial score (nSPS) is 12.7. The first kappa shape index (κ1) is 26.2. The Morgan fingerprint density at radius 2 is 1.12 bits per heavy atom. The van der Waals surface area contributed by atoms with Crippen molar-refractivity contribution >= 4 is 11.9 Å². The predicted octanol–water partition coefficient (Wildman–Crippen LogP) is 6.23. The van der Waals surface area contributed by atoms with Gasteiger partial charge in [-0.05, 0) is 63.1 Å².